The molecule has 4 nitrogen and oxygen atoms in total. The van der Waals surface area contributed by atoms with Crippen LogP contribution in [0.5, 0.6) is 0 Å². The molecule has 0 amide bonds. The van der Waals surface area contributed by atoms with Crippen molar-refractivity contribution in [2.45, 2.75) is 76.8 Å². The molecule has 4 heteroatoms. The highest BCUT2D eigenvalue weighted by Gasteiger charge is 2.42. The lowest BCUT2D eigenvalue weighted by molar-refractivity contribution is -0.0383. The second kappa shape index (κ2) is 5.91. The minimum atomic E-state index is 0.743. The van der Waals surface area contributed by atoms with Crippen LogP contribution in [-0.4, -0.2) is 72.2 Å². The summed E-state index contributed by atoms with van der Waals surface area (Å²) in [6, 6.07) is 4.86. The Hall–Kier alpha value is -0.160. The van der Waals surface area contributed by atoms with Crippen LogP contribution in [0, 0.1) is 0 Å². The molecule has 0 aromatic carbocycles. The summed E-state index contributed by atoms with van der Waals surface area (Å²) in [5.41, 5.74) is 0. The number of hydrogen-bond acceptors (Lipinski definition) is 4. The summed E-state index contributed by atoms with van der Waals surface area (Å²) in [6.07, 6.45) is 2.86. The summed E-state index contributed by atoms with van der Waals surface area (Å²) < 4.78 is 0. The summed E-state index contributed by atoms with van der Waals surface area (Å²) >= 11 is 0. The Morgan fingerprint density at radius 1 is 0.850 bits per heavy atom. The fraction of sp³-hybridized carbons (Fsp3) is 1.00. The van der Waals surface area contributed by atoms with E-state index in [1.165, 1.54) is 39.0 Å². The Labute approximate surface area is 124 Å². The lowest BCUT2D eigenvalue weighted by atomic mass is 9.87. The van der Waals surface area contributed by atoms with E-state index in [9.17, 15) is 0 Å². The van der Waals surface area contributed by atoms with Crippen molar-refractivity contribution >= 4 is 0 Å². The first-order valence-corrected chi connectivity index (χ1v) is 8.53. The fourth-order valence-electron chi connectivity index (χ4n) is 4.32. The molecular formula is C16H32N4. The molecule has 0 radical (unpaired) electrons. The van der Waals surface area contributed by atoms with E-state index in [2.05, 4.69) is 48.1 Å². The molecule has 0 saturated carbocycles. The predicted octanol–water partition coefficient (Wildman–Crippen LogP) is 0.882. The van der Waals surface area contributed by atoms with Crippen molar-refractivity contribution in [2.75, 3.05) is 26.2 Å². The van der Waals surface area contributed by atoms with Gasteiger partial charge in [0, 0.05) is 62.4 Å². The Morgan fingerprint density at radius 3 is 1.70 bits per heavy atom. The van der Waals surface area contributed by atoms with Crippen LogP contribution >= 0.6 is 0 Å². The van der Waals surface area contributed by atoms with Gasteiger partial charge in [0.15, 0.2) is 0 Å². The first-order chi connectivity index (χ1) is 9.54. The van der Waals surface area contributed by atoms with Crippen molar-refractivity contribution in [1.29, 1.82) is 0 Å². The molecule has 4 bridgehead atoms. The third-order valence-electron chi connectivity index (χ3n) is 5.42. The molecule has 6 rings (SSSR count). The average Bonchev–Trinajstić information content (AvgIpc) is 2.39. The number of hydrogen-bond donors (Lipinski definition) is 2. The molecule has 6 fully saturated rings. The Morgan fingerprint density at radius 2 is 1.40 bits per heavy atom. The van der Waals surface area contributed by atoms with Crippen molar-refractivity contribution < 1.29 is 0 Å². The van der Waals surface area contributed by atoms with Crippen LogP contribution in [0.2, 0.25) is 0 Å². The number of nitrogens with one attached hydrogen (secondary N) is 2. The van der Waals surface area contributed by atoms with Crippen molar-refractivity contribution in [3.63, 3.8) is 0 Å². The van der Waals surface area contributed by atoms with Gasteiger partial charge in [0.25, 0.3) is 0 Å². The Bertz CT molecular complexity index is 300. The van der Waals surface area contributed by atoms with Gasteiger partial charge in [-0.25, -0.2) is 0 Å². The minimum absolute atomic E-state index is 0.743. The molecule has 4 unspecified atom stereocenters. The summed E-state index contributed by atoms with van der Waals surface area (Å²) in [5.74, 6) is 0. The van der Waals surface area contributed by atoms with Crippen LogP contribution < -0.4 is 10.6 Å². The first-order valence-electron chi connectivity index (χ1n) is 8.53. The van der Waals surface area contributed by atoms with E-state index in [1.54, 1.807) is 0 Å². The highest BCUT2D eigenvalue weighted by Crippen LogP contribution is 2.30. The van der Waals surface area contributed by atoms with Gasteiger partial charge in [0.1, 0.15) is 0 Å². The molecule has 6 aliphatic heterocycles. The van der Waals surface area contributed by atoms with E-state index < -0.39 is 0 Å². The maximum Gasteiger partial charge on any atom is 0.0242 e. The second-order valence-corrected chi connectivity index (χ2v) is 7.59. The molecule has 20 heavy (non-hydrogen) atoms. The van der Waals surface area contributed by atoms with E-state index in [1.807, 2.05) is 0 Å². The largest absolute Gasteiger partial charge is 0.314 e. The Balaban J connectivity index is 0.000000121. The maximum absolute atomic E-state index is 3.52. The van der Waals surface area contributed by atoms with Crippen LogP contribution in [0.3, 0.4) is 0 Å². The number of nitrogens with zero attached hydrogens (tertiary/aromatic N) is 2. The quantitative estimate of drug-likeness (QED) is 0.786. The lowest BCUT2D eigenvalue weighted by Crippen LogP contribution is -2.69. The summed E-state index contributed by atoms with van der Waals surface area (Å²) in [7, 11) is 0. The van der Waals surface area contributed by atoms with Crippen molar-refractivity contribution in [1.82, 2.24) is 20.4 Å². The normalized spacial score (nSPS) is 39.9. The first kappa shape index (κ1) is 14.8. The number of fused-ring (bicyclic) bond motifs is 4. The van der Waals surface area contributed by atoms with Gasteiger partial charge in [-0.15, -0.1) is 0 Å². The van der Waals surface area contributed by atoms with E-state index >= 15 is 0 Å². The molecule has 6 heterocycles. The van der Waals surface area contributed by atoms with E-state index in [-0.39, 0.29) is 0 Å². The predicted molar refractivity (Wildman–Crippen MR) is 84.1 cm³/mol. The van der Waals surface area contributed by atoms with Gasteiger partial charge in [-0.1, -0.05) is 0 Å². The van der Waals surface area contributed by atoms with Crippen LogP contribution in [0.1, 0.15) is 40.5 Å². The number of piperidine rings is 2. The van der Waals surface area contributed by atoms with Gasteiger partial charge in [0.2, 0.25) is 0 Å². The van der Waals surface area contributed by atoms with Crippen LogP contribution in [0.25, 0.3) is 0 Å². The standard InChI is InChI=1S/2C8H16N2/c1-6(2)10-4-7-3-8(5-10)9-7;1-6(2)10-7-3-8(10)5-9-4-7/h2*6-9H,3-5H2,1-2H3. The minimum Gasteiger partial charge on any atom is -0.314 e. The zero-order valence-corrected chi connectivity index (χ0v) is 13.6. The van der Waals surface area contributed by atoms with Gasteiger partial charge in [-0.3, -0.25) is 9.80 Å². The molecule has 0 aromatic heterocycles. The van der Waals surface area contributed by atoms with Gasteiger partial charge in [0.05, 0.1) is 0 Å². The van der Waals surface area contributed by atoms with Crippen molar-refractivity contribution in [2.24, 2.45) is 0 Å². The Kier molecular flexibility index (Phi) is 4.37. The third kappa shape index (κ3) is 2.89. The smallest absolute Gasteiger partial charge is 0.0242 e. The highest BCUT2D eigenvalue weighted by molar-refractivity contribution is 5.00. The van der Waals surface area contributed by atoms with E-state index in [0.29, 0.717) is 0 Å². The zero-order chi connectivity index (χ0) is 14.3. The van der Waals surface area contributed by atoms with Crippen LogP contribution in [-0.2, 0) is 0 Å². The monoisotopic (exact) mass is 280 g/mol. The van der Waals surface area contributed by atoms with Gasteiger partial charge < -0.3 is 10.6 Å². The summed E-state index contributed by atoms with van der Waals surface area (Å²) in [6.45, 7) is 14.1. The van der Waals surface area contributed by atoms with Gasteiger partial charge in [-0.05, 0) is 40.5 Å². The highest BCUT2D eigenvalue weighted by atomic mass is 15.3. The molecule has 2 N–H and O–H groups in total. The molecule has 6 saturated heterocycles. The maximum atomic E-state index is 3.52. The number of rotatable bonds is 2. The molecule has 0 aromatic rings. The third-order valence-corrected chi connectivity index (χ3v) is 5.42. The van der Waals surface area contributed by atoms with Crippen molar-refractivity contribution in [3.05, 3.63) is 0 Å². The van der Waals surface area contributed by atoms with E-state index in [4.69, 9.17) is 0 Å². The average molecular weight is 280 g/mol. The van der Waals surface area contributed by atoms with Crippen LogP contribution in [0.15, 0.2) is 0 Å². The van der Waals surface area contributed by atoms with Gasteiger partial charge >= 0.3 is 0 Å². The van der Waals surface area contributed by atoms with Crippen molar-refractivity contribution in [3.8, 4) is 0 Å². The summed E-state index contributed by atoms with van der Waals surface area (Å²) in [5, 5.41) is 6.95. The second-order valence-electron chi connectivity index (χ2n) is 7.59. The molecular weight excluding hydrogens is 248 g/mol. The van der Waals surface area contributed by atoms with E-state index in [0.717, 1.165) is 36.3 Å². The van der Waals surface area contributed by atoms with Crippen LogP contribution in [0.4, 0.5) is 0 Å². The number of piperazine rings is 2. The SMILES string of the molecule is CC(C)N1C2CNCC1C2.CC(C)N1CC2CC(C1)N2. The molecule has 0 aliphatic carbocycles. The fourth-order valence-corrected chi connectivity index (χ4v) is 4.32. The molecule has 6 aliphatic rings. The topological polar surface area (TPSA) is 30.5 Å². The summed E-state index contributed by atoms with van der Waals surface area (Å²) in [4.78, 5) is 5.20. The zero-order valence-electron chi connectivity index (χ0n) is 13.6. The van der Waals surface area contributed by atoms with Gasteiger partial charge in [-0.2, -0.15) is 0 Å². The molecule has 4 atom stereocenters. The molecule has 116 valence electrons. The lowest BCUT2D eigenvalue weighted by Gasteiger charge is -2.55. The molecule has 0 spiro atoms.